The number of sulfonamides is 1. The first-order valence-corrected chi connectivity index (χ1v) is 13.2. The molecule has 0 bridgehead atoms. The zero-order chi connectivity index (χ0) is 26.8. The summed E-state index contributed by atoms with van der Waals surface area (Å²) in [5.74, 6) is -0.536. The van der Waals surface area contributed by atoms with Gasteiger partial charge in [0.25, 0.3) is 15.9 Å². The first-order valence-electron chi connectivity index (χ1n) is 11.7. The summed E-state index contributed by atoms with van der Waals surface area (Å²) in [5, 5.41) is 6.07. The Balaban J connectivity index is 1.65. The van der Waals surface area contributed by atoms with Crippen molar-refractivity contribution in [3.05, 3.63) is 84.2 Å². The van der Waals surface area contributed by atoms with Crippen molar-refractivity contribution in [1.29, 1.82) is 0 Å². The van der Waals surface area contributed by atoms with Gasteiger partial charge in [-0.25, -0.2) is 13.4 Å². The summed E-state index contributed by atoms with van der Waals surface area (Å²) in [6.07, 6.45) is 3.18. The van der Waals surface area contributed by atoms with Crippen molar-refractivity contribution in [3.63, 3.8) is 0 Å². The van der Waals surface area contributed by atoms with Crippen molar-refractivity contribution in [2.24, 2.45) is 0 Å². The molecule has 3 N–H and O–H groups in total. The normalized spacial score (nSPS) is 11.8. The first kappa shape index (κ1) is 25.9. The van der Waals surface area contributed by atoms with E-state index in [0.29, 0.717) is 28.8 Å². The van der Waals surface area contributed by atoms with Crippen LogP contribution in [0.1, 0.15) is 43.6 Å². The van der Waals surface area contributed by atoms with Crippen molar-refractivity contribution in [1.82, 2.24) is 14.9 Å². The molecular formula is C27H29N5O4S. The molecule has 0 fully saturated rings. The van der Waals surface area contributed by atoms with Gasteiger partial charge in [-0.3, -0.25) is 14.3 Å². The second kappa shape index (κ2) is 10.1. The van der Waals surface area contributed by atoms with Gasteiger partial charge in [0.1, 0.15) is 5.65 Å². The van der Waals surface area contributed by atoms with Crippen LogP contribution in [0.15, 0.2) is 78.0 Å². The fraction of sp³-hybridized carbons (Fsp3) is 0.222. The number of amides is 2. The average Bonchev–Trinajstić information content (AvgIpc) is 3.22. The number of rotatable bonds is 7. The van der Waals surface area contributed by atoms with Crippen LogP contribution in [0.25, 0.3) is 11.0 Å². The van der Waals surface area contributed by atoms with E-state index >= 15 is 0 Å². The Hall–Kier alpha value is -4.18. The van der Waals surface area contributed by atoms with E-state index in [1.54, 1.807) is 12.3 Å². The molecule has 10 heteroatoms. The molecular weight excluding hydrogens is 490 g/mol. The van der Waals surface area contributed by atoms with E-state index in [1.807, 2.05) is 55.7 Å². The predicted octanol–water partition coefficient (Wildman–Crippen LogP) is 4.48. The highest BCUT2D eigenvalue weighted by Crippen LogP contribution is 2.29. The lowest BCUT2D eigenvalue weighted by Crippen LogP contribution is -2.23. The maximum Gasteiger partial charge on any atom is 0.261 e. The minimum Gasteiger partial charge on any atom is -0.348 e. The van der Waals surface area contributed by atoms with Gasteiger partial charge in [-0.15, -0.1) is 0 Å². The van der Waals surface area contributed by atoms with E-state index in [0.717, 1.165) is 5.56 Å². The molecule has 0 aliphatic heterocycles. The highest BCUT2D eigenvalue weighted by Gasteiger charge is 2.24. The first-order chi connectivity index (χ1) is 17.4. The number of nitrogens with zero attached hydrogens (tertiary/aromatic N) is 2. The molecule has 4 aromatic rings. The van der Waals surface area contributed by atoms with Gasteiger partial charge in [-0.2, -0.15) is 0 Å². The standard InChI is InChI=1S/C27H29N5O4S/c1-18(33)30-20-10-12-22(13-11-20)37(35,36)31-21-14-23-24(17-32(27(2,3)4)25(23)28-16-21)26(34)29-15-19-8-6-5-7-9-19/h5-14,16-17,31H,15H2,1-4H3,(H,29,34)(H,30,33). The number of carbonyl (C=O) groups is 2. The van der Waals surface area contributed by atoms with E-state index in [-0.39, 0.29) is 27.9 Å². The number of hydrogen-bond donors (Lipinski definition) is 3. The molecule has 0 aliphatic carbocycles. The Morgan fingerprint density at radius 2 is 1.65 bits per heavy atom. The van der Waals surface area contributed by atoms with E-state index < -0.39 is 10.0 Å². The molecule has 2 heterocycles. The van der Waals surface area contributed by atoms with Crippen molar-refractivity contribution >= 4 is 44.2 Å². The van der Waals surface area contributed by atoms with Gasteiger partial charge in [-0.1, -0.05) is 30.3 Å². The molecule has 9 nitrogen and oxygen atoms in total. The lowest BCUT2D eigenvalue weighted by Gasteiger charge is -2.21. The topological polar surface area (TPSA) is 122 Å². The summed E-state index contributed by atoms with van der Waals surface area (Å²) < 4.78 is 30.4. The average molecular weight is 520 g/mol. The molecule has 0 saturated heterocycles. The van der Waals surface area contributed by atoms with E-state index in [4.69, 9.17) is 0 Å². The number of anilines is 2. The van der Waals surface area contributed by atoms with Gasteiger partial charge in [0.2, 0.25) is 5.91 Å². The molecule has 0 spiro atoms. The summed E-state index contributed by atoms with van der Waals surface area (Å²) in [6.45, 7) is 7.73. The Labute approximate surface area is 216 Å². The Kier molecular flexibility index (Phi) is 7.04. The molecule has 192 valence electrons. The van der Waals surface area contributed by atoms with E-state index in [9.17, 15) is 18.0 Å². The number of hydrogen-bond acceptors (Lipinski definition) is 5. The molecule has 0 atom stereocenters. The van der Waals surface area contributed by atoms with Gasteiger partial charge in [0.15, 0.2) is 0 Å². The minimum atomic E-state index is -3.94. The quantitative estimate of drug-likeness (QED) is 0.332. The number of pyridine rings is 1. The summed E-state index contributed by atoms with van der Waals surface area (Å²) in [4.78, 5) is 28.9. The highest BCUT2D eigenvalue weighted by atomic mass is 32.2. The van der Waals surface area contributed by atoms with Crippen molar-refractivity contribution in [3.8, 4) is 0 Å². The maximum absolute atomic E-state index is 13.2. The summed E-state index contributed by atoms with van der Waals surface area (Å²) >= 11 is 0. The highest BCUT2D eigenvalue weighted by molar-refractivity contribution is 7.92. The smallest absolute Gasteiger partial charge is 0.261 e. The predicted molar refractivity (Wildman–Crippen MR) is 144 cm³/mol. The molecule has 0 saturated carbocycles. The number of aromatic nitrogens is 2. The SMILES string of the molecule is CC(=O)Nc1ccc(S(=O)(=O)Nc2cnc3c(c2)c(C(=O)NCc2ccccc2)cn3C(C)(C)C)cc1. The van der Waals surface area contributed by atoms with Crippen molar-refractivity contribution < 1.29 is 18.0 Å². The third-order valence-corrected chi connectivity index (χ3v) is 7.04. The van der Waals surface area contributed by atoms with Crippen LogP contribution >= 0.6 is 0 Å². The van der Waals surface area contributed by atoms with Gasteiger partial charge in [-0.05, 0) is 56.7 Å². The zero-order valence-corrected chi connectivity index (χ0v) is 21.9. The van der Waals surface area contributed by atoms with Crippen LogP contribution in [0.5, 0.6) is 0 Å². The monoisotopic (exact) mass is 519 g/mol. The molecule has 4 rings (SSSR count). The molecule has 2 aromatic heterocycles. The van der Waals surface area contributed by atoms with Crippen molar-refractivity contribution in [2.45, 2.75) is 44.7 Å². The van der Waals surface area contributed by atoms with Gasteiger partial charge < -0.3 is 15.2 Å². The Bertz CT molecular complexity index is 1550. The van der Waals surface area contributed by atoms with Crippen LogP contribution in [-0.4, -0.2) is 29.8 Å². The maximum atomic E-state index is 13.2. The van der Waals surface area contributed by atoms with Crippen LogP contribution in [0.2, 0.25) is 0 Å². The van der Waals surface area contributed by atoms with Crippen LogP contribution in [0.4, 0.5) is 11.4 Å². The van der Waals surface area contributed by atoms with Crippen LogP contribution in [0, 0.1) is 0 Å². The third-order valence-electron chi connectivity index (χ3n) is 5.64. The Morgan fingerprint density at radius 3 is 2.27 bits per heavy atom. The molecule has 0 unspecified atom stereocenters. The second-order valence-electron chi connectivity index (χ2n) is 9.66. The number of nitrogens with one attached hydrogen (secondary N) is 3. The summed E-state index contributed by atoms with van der Waals surface area (Å²) in [6, 6.07) is 17.0. The molecule has 2 aromatic carbocycles. The van der Waals surface area contributed by atoms with Crippen LogP contribution in [-0.2, 0) is 26.9 Å². The number of carbonyl (C=O) groups excluding carboxylic acids is 2. The fourth-order valence-electron chi connectivity index (χ4n) is 3.86. The fourth-order valence-corrected chi connectivity index (χ4v) is 4.90. The Morgan fingerprint density at radius 1 is 0.973 bits per heavy atom. The van der Waals surface area contributed by atoms with E-state index in [1.165, 1.54) is 37.4 Å². The third kappa shape index (κ3) is 5.97. The number of benzene rings is 2. The van der Waals surface area contributed by atoms with Gasteiger partial charge in [0.05, 0.1) is 22.3 Å². The van der Waals surface area contributed by atoms with Crippen molar-refractivity contribution in [2.75, 3.05) is 10.0 Å². The molecule has 37 heavy (non-hydrogen) atoms. The minimum absolute atomic E-state index is 0.0230. The van der Waals surface area contributed by atoms with Gasteiger partial charge in [0, 0.05) is 36.3 Å². The van der Waals surface area contributed by atoms with Gasteiger partial charge >= 0.3 is 0 Å². The summed E-state index contributed by atoms with van der Waals surface area (Å²) in [5.41, 5.74) is 2.28. The lowest BCUT2D eigenvalue weighted by molar-refractivity contribution is -0.114. The lowest BCUT2D eigenvalue weighted by atomic mass is 10.1. The van der Waals surface area contributed by atoms with Crippen LogP contribution < -0.4 is 15.4 Å². The van der Waals surface area contributed by atoms with E-state index in [2.05, 4.69) is 20.3 Å². The largest absolute Gasteiger partial charge is 0.348 e. The second-order valence-corrected chi connectivity index (χ2v) is 11.3. The van der Waals surface area contributed by atoms with Crippen LogP contribution in [0.3, 0.4) is 0 Å². The molecule has 0 radical (unpaired) electrons. The molecule has 0 aliphatic rings. The zero-order valence-electron chi connectivity index (χ0n) is 21.1. The summed E-state index contributed by atoms with van der Waals surface area (Å²) in [7, 11) is -3.94. The number of fused-ring (bicyclic) bond motifs is 1. The molecule has 2 amide bonds.